The summed E-state index contributed by atoms with van der Waals surface area (Å²) in [4.78, 5) is 11.1. The Bertz CT molecular complexity index is 463. The molecular formula is C12H14Cl2O3S. The molecule has 0 bridgehead atoms. The van der Waals surface area contributed by atoms with Crippen LogP contribution in [0.5, 0.6) is 0 Å². The fraction of sp³-hybridized carbons (Fsp3) is 0.417. The van der Waals surface area contributed by atoms with Crippen LogP contribution in [0.25, 0.3) is 0 Å². The molecule has 100 valence electrons. The smallest absolute Gasteiger partial charge is 0.306 e. The lowest BCUT2D eigenvalue weighted by Crippen LogP contribution is -2.18. The largest absolute Gasteiger partial charge is 0.469 e. The highest BCUT2D eigenvalue weighted by molar-refractivity contribution is 7.84. The Hall–Kier alpha value is -0.580. The first-order valence-corrected chi connectivity index (χ1v) is 7.46. The van der Waals surface area contributed by atoms with Gasteiger partial charge in [0.25, 0.3) is 0 Å². The van der Waals surface area contributed by atoms with E-state index >= 15 is 0 Å². The molecule has 6 heteroatoms. The Balaban J connectivity index is 2.70. The van der Waals surface area contributed by atoms with Gasteiger partial charge in [-0.1, -0.05) is 42.3 Å². The summed E-state index contributed by atoms with van der Waals surface area (Å²) in [7, 11) is 0.111. The van der Waals surface area contributed by atoms with Gasteiger partial charge in [0.05, 0.1) is 29.3 Å². The first-order valence-electron chi connectivity index (χ1n) is 5.32. The van der Waals surface area contributed by atoms with Crippen molar-refractivity contribution < 1.29 is 13.7 Å². The summed E-state index contributed by atoms with van der Waals surface area (Å²) < 4.78 is 16.6. The van der Waals surface area contributed by atoms with Crippen LogP contribution >= 0.6 is 23.2 Å². The van der Waals surface area contributed by atoms with Gasteiger partial charge in [-0.05, 0) is 11.6 Å². The summed E-state index contributed by atoms with van der Waals surface area (Å²) in [6, 6.07) is 5.21. The van der Waals surface area contributed by atoms with Crippen molar-refractivity contribution in [2.24, 2.45) is 0 Å². The number of carbonyl (C=O) groups is 1. The second kappa shape index (κ2) is 7.12. The summed E-state index contributed by atoms with van der Waals surface area (Å²) >= 11 is 11.9. The van der Waals surface area contributed by atoms with Crippen LogP contribution in [-0.2, 0) is 26.1 Å². The van der Waals surface area contributed by atoms with E-state index in [0.29, 0.717) is 10.0 Å². The second-order valence-corrected chi connectivity index (χ2v) is 6.47. The van der Waals surface area contributed by atoms with Gasteiger partial charge < -0.3 is 4.74 Å². The maximum atomic E-state index is 12.0. The molecule has 0 aliphatic carbocycles. The number of esters is 1. The molecule has 0 spiro atoms. The third-order valence-electron chi connectivity index (χ3n) is 2.46. The number of carbonyl (C=O) groups excluding carboxylic acids is 1. The lowest BCUT2D eigenvalue weighted by Gasteiger charge is -2.11. The molecule has 3 nitrogen and oxygen atoms in total. The molecule has 0 aliphatic heterocycles. The topological polar surface area (TPSA) is 43.4 Å². The zero-order chi connectivity index (χ0) is 13.7. The second-order valence-electron chi connectivity index (χ2n) is 3.83. The van der Waals surface area contributed by atoms with Crippen LogP contribution in [0.4, 0.5) is 0 Å². The number of hydrogen-bond acceptors (Lipinski definition) is 3. The van der Waals surface area contributed by atoms with Crippen molar-refractivity contribution >= 4 is 40.0 Å². The van der Waals surface area contributed by atoms with Crippen molar-refractivity contribution in [2.75, 3.05) is 7.11 Å². The van der Waals surface area contributed by atoms with Crippen LogP contribution in [0.1, 0.15) is 18.9 Å². The van der Waals surface area contributed by atoms with Crippen molar-refractivity contribution in [3.05, 3.63) is 33.8 Å². The van der Waals surface area contributed by atoms with Crippen molar-refractivity contribution in [3.63, 3.8) is 0 Å². The molecule has 0 saturated carbocycles. The van der Waals surface area contributed by atoms with Gasteiger partial charge in [0, 0.05) is 16.0 Å². The van der Waals surface area contributed by atoms with Gasteiger partial charge in [0.2, 0.25) is 0 Å². The predicted octanol–water partition coefficient (Wildman–Crippen LogP) is 3.19. The number of hydrogen-bond donors (Lipinski definition) is 0. The van der Waals surface area contributed by atoms with Crippen LogP contribution < -0.4 is 0 Å². The first-order chi connectivity index (χ1) is 8.45. The van der Waals surface area contributed by atoms with Crippen molar-refractivity contribution in [1.82, 2.24) is 0 Å². The lowest BCUT2D eigenvalue weighted by molar-refractivity contribution is -0.140. The quantitative estimate of drug-likeness (QED) is 0.785. The van der Waals surface area contributed by atoms with Gasteiger partial charge in [-0.3, -0.25) is 9.00 Å². The van der Waals surface area contributed by atoms with E-state index in [9.17, 15) is 9.00 Å². The fourth-order valence-electron chi connectivity index (χ4n) is 1.37. The molecule has 0 saturated heterocycles. The van der Waals surface area contributed by atoms with Crippen LogP contribution in [0.2, 0.25) is 10.0 Å². The highest BCUT2D eigenvalue weighted by Crippen LogP contribution is 2.27. The maximum absolute atomic E-state index is 12.0. The van der Waals surface area contributed by atoms with Gasteiger partial charge in [-0.2, -0.15) is 0 Å². The molecule has 0 aromatic heterocycles. The highest BCUT2D eigenvalue weighted by atomic mass is 35.5. The number of methoxy groups -OCH3 is 1. The van der Waals surface area contributed by atoms with E-state index in [0.717, 1.165) is 5.56 Å². The van der Waals surface area contributed by atoms with Crippen LogP contribution in [0, 0.1) is 0 Å². The summed E-state index contributed by atoms with van der Waals surface area (Å²) in [6.07, 6.45) is 0.126. The Kier molecular flexibility index (Phi) is 6.12. The van der Waals surface area contributed by atoms with E-state index in [-0.39, 0.29) is 23.4 Å². The van der Waals surface area contributed by atoms with E-state index < -0.39 is 10.8 Å². The minimum absolute atomic E-state index is 0.126. The number of halogens is 2. The molecule has 0 radical (unpaired) electrons. The van der Waals surface area contributed by atoms with Gasteiger partial charge in [-0.25, -0.2) is 0 Å². The normalized spacial score (nSPS) is 14.0. The Morgan fingerprint density at radius 2 is 2.11 bits per heavy atom. The summed E-state index contributed by atoms with van der Waals surface area (Å²) in [5.41, 5.74) is 0.721. The molecule has 0 amide bonds. The van der Waals surface area contributed by atoms with Gasteiger partial charge in [0.15, 0.2) is 0 Å². The average molecular weight is 309 g/mol. The van der Waals surface area contributed by atoms with E-state index in [1.165, 1.54) is 7.11 Å². The molecule has 0 N–H and O–H groups in total. The van der Waals surface area contributed by atoms with Crippen LogP contribution in [-0.4, -0.2) is 22.5 Å². The maximum Gasteiger partial charge on any atom is 0.306 e. The molecule has 18 heavy (non-hydrogen) atoms. The molecular weight excluding hydrogens is 295 g/mol. The molecule has 1 aromatic carbocycles. The molecule has 2 atom stereocenters. The zero-order valence-corrected chi connectivity index (χ0v) is 12.4. The Morgan fingerprint density at radius 3 is 2.72 bits per heavy atom. The summed E-state index contributed by atoms with van der Waals surface area (Å²) in [5.74, 6) is -0.0922. The van der Waals surface area contributed by atoms with E-state index in [2.05, 4.69) is 4.74 Å². The van der Waals surface area contributed by atoms with Gasteiger partial charge >= 0.3 is 5.97 Å². The number of benzene rings is 1. The number of rotatable bonds is 5. The van der Waals surface area contributed by atoms with E-state index in [1.54, 1.807) is 25.1 Å². The van der Waals surface area contributed by atoms with Crippen LogP contribution in [0.15, 0.2) is 18.2 Å². The van der Waals surface area contributed by atoms with Gasteiger partial charge in [-0.15, -0.1) is 0 Å². The molecule has 0 heterocycles. The van der Waals surface area contributed by atoms with Crippen molar-refractivity contribution in [1.29, 1.82) is 0 Å². The van der Waals surface area contributed by atoms with Crippen molar-refractivity contribution in [2.45, 2.75) is 24.3 Å². The average Bonchev–Trinajstić information content (AvgIpc) is 2.34. The summed E-state index contributed by atoms with van der Waals surface area (Å²) in [5, 5.41) is 0.567. The Labute approximate surface area is 119 Å². The molecule has 0 fully saturated rings. The van der Waals surface area contributed by atoms with Crippen LogP contribution in [0.3, 0.4) is 0 Å². The van der Waals surface area contributed by atoms with E-state index in [4.69, 9.17) is 23.2 Å². The molecule has 1 rings (SSSR count). The summed E-state index contributed by atoms with van der Waals surface area (Å²) in [6.45, 7) is 1.74. The Morgan fingerprint density at radius 1 is 1.44 bits per heavy atom. The molecule has 0 aliphatic rings. The standard InChI is InChI=1S/C12H14Cl2O3S/c1-8(6-11(15)17-2)18(16)7-9-4-3-5-10(13)12(9)14/h3-5,8H,6-7H2,1-2H3. The highest BCUT2D eigenvalue weighted by Gasteiger charge is 2.17. The molecule has 2 unspecified atom stereocenters. The first kappa shape index (κ1) is 15.5. The van der Waals surface area contributed by atoms with E-state index in [1.807, 2.05) is 0 Å². The number of ether oxygens (including phenoxy) is 1. The van der Waals surface area contributed by atoms with Crippen molar-refractivity contribution in [3.8, 4) is 0 Å². The predicted molar refractivity (Wildman–Crippen MR) is 74.4 cm³/mol. The third kappa shape index (κ3) is 4.26. The lowest BCUT2D eigenvalue weighted by atomic mass is 10.2. The fourth-order valence-corrected chi connectivity index (χ4v) is 2.99. The SMILES string of the molecule is COC(=O)CC(C)S(=O)Cc1cccc(Cl)c1Cl. The third-order valence-corrected chi connectivity index (χ3v) is 4.98. The van der Waals surface area contributed by atoms with Gasteiger partial charge in [0.1, 0.15) is 0 Å². The minimum Gasteiger partial charge on any atom is -0.469 e. The zero-order valence-electron chi connectivity index (χ0n) is 10.1. The minimum atomic E-state index is -1.20. The molecule has 1 aromatic rings. The monoisotopic (exact) mass is 308 g/mol.